The number of nitrogens with two attached hydrogens (primary N) is 1. The highest BCUT2D eigenvalue weighted by Gasteiger charge is 2.21. The molecule has 3 N–H and O–H groups in total. The number of hydrogen-bond acceptors (Lipinski definition) is 3. The molecular formula is C15H20N2O. The Hall–Kier alpha value is -1.32. The Kier molecular flexibility index (Phi) is 3.35. The highest BCUT2D eigenvalue weighted by molar-refractivity contribution is 5.80. The molecule has 1 heterocycles. The first kappa shape index (κ1) is 11.8. The van der Waals surface area contributed by atoms with Crippen LogP contribution in [0.4, 0.5) is 0 Å². The molecule has 2 unspecified atom stereocenters. The molecule has 2 atom stereocenters. The third-order valence-electron chi connectivity index (χ3n) is 3.94. The summed E-state index contributed by atoms with van der Waals surface area (Å²) >= 11 is 0. The maximum Gasteiger partial charge on any atom is 0.134 e. The van der Waals surface area contributed by atoms with Gasteiger partial charge in [-0.3, -0.25) is 0 Å². The van der Waals surface area contributed by atoms with Crippen LogP contribution >= 0.6 is 0 Å². The molecule has 0 radical (unpaired) electrons. The van der Waals surface area contributed by atoms with E-state index in [9.17, 15) is 0 Å². The minimum absolute atomic E-state index is 0.303. The Bertz CT molecular complexity index is 520. The van der Waals surface area contributed by atoms with E-state index in [-0.39, 0.29) is 0 Å². The number of rotatable bonds is 3. The first-order chi connectivity index (χ1) is 8.84. The van der Waals surface area contributed by atoms with Gasteiger partial charge in [0.05, 0.1) is 6.26 Å². The van der Waals surface area contributed by atoms with Gasteiger partial charge >= 0.3 is 0 Å². The summed E-state index contributed by atoms with van der Waals surface area (Å²) in [6.07, 6.45) is 6.75. The lowest BCUT2D eigenvalue weighted by atomic mass is 9.91. The average Bonchev–Trinajstić information content (AvgIpc) is 2.81. The Morgan fingerprint density at radius 1 is 1.22 bits per heavy atom. The molecule has 3 rings (SSSR count). The van der Waals surface area contributed by atoms with Crippen LogP contribution in [0.2, 0.25) is 0 Å². The van der Waals surface area contributed by atoms with Crippen LogP contribution in [0.25, 0.3) is 11.0 Å². The van der Waals surface area contributed by atoms with E-state index in [1.165, 1.54) is 30.2 Å². The van der Waals surface area contributed by atoms with Gasteiger partial charge in [-0.25, -0.2) is 0 Å². The molecule has 1 fully saturated rings. The van der Waals surface area contributed by atoms with Crippen molar-refractivity contribution in [3.63, 3.8) is 0 Å². The molecule has 0 bridgehead atoms. The molecule has 1 aliphatic rings. The summed E-state index contributed by atoms with van der Waals surface area (Å²) in [5, 5.41) is 4.78. The second-order valence-electron chi connectivity index (χ2n) is 5.19. The van der Waals surface area contributed by atoms with Gasteiger partial charge in [0.2, 0.25) is 0 Å². The van der Waals surface area contributed by atoms with Crippen LogP contribution in [0.15, 0.2) is 34.9 Å². The lowest BCUT2D eigenvalue weighted by molar-refractivity contribution is 0.326. The summed E-state index contributed by atoms with van der Waals surface area (Å²) < 4.78 is 5.54. The summed E-state index contributed by atoms with van der Waals surface area (Å²) in [5.41, 5.74) is 8.33. The molecule has 1 saturated carbocycles. The molecule has 0 spiro atoms. The lowest BCUT2D eigenvalue weighted by Gasteiger charge is -2.29. The van der Waals surface area contributed by atoms with Crippen LogP contribution in [0.5, 0.6) is 0 Å². The normalized spacial score (nSPS) is 24.5. The van der Waals surface area contributed by atoms with Gasteiger partial charge in [0.15, 0.2) is 0 Å². The molecule has 0 amide bonds. The largest absolute Gasteiger partial charge is 0.464 e. The maximum atomic E-state index is 6.15. The third-order valence-corrected chi connectivity index (χ3v) is 3.94. The standard InChI is InChI=1S/C15H20N2O/c16-13-6-2-3-7-14(13)17-9-11-10-18-15-8-4-1-5-12(11)15/h1,4-5,8,10,13-14,17H,2-3,6-7,9,16H2. The average molecular weight is 244 g/mol. The minimum atomic E-state index is 0.303. The van der Waals surface area contributed by atoms with Crippen molar-refractivity contribution in [2.24, 2.45) is 5.73 Å². The fraction of sp³-hybridized carbons (Fsp3) is 0.467. The van der Waals surface area contributed by atoms with Gasteiger partial charge in [0, 0.05) is 29.6 Å². The van der Waals surface area contributed by atoms with Crippen molar-refractivity contribution in [2.75, 3.05) is 0 Å². The minimum Gasteiger partial charge on any atom is -0.464 e. The molecule has 1 aromatic heterocycles. The smallest absolute Gasteiger partial charge is 0.134 e. The Balaban J connectivity index is 1.69. The van der Waals surface area contributed by atoms with Crippen molar-refractivity contribution < 1.29 is 4.42 Å². The Morgan fingerprint density at radius 3 is 2.94 bits per heavy atom. The maximum absolute atomic E-state index is 6.15. The van der Waals surface area contributed by atoms with Crippen molar-refractivity contribution in [1.29, 1.82) is 0 Å². The van der Waals surface area contributed by atoms with Gasteiger partial charge in [0.1, 0.15) is 5.58 Å². The second-order valence-corrected chi connectivity index (χ2v) is 5.19. The van der Waals surface area contributed by atoms with Crippen LogP contribution in [0.3, 0.4) is 0 Å². The first-order valence-corrected chi connectivity index (χ1v) is 6.78. The Labute approximate surface area is 107 Å². The van der Waals surface area contributed by atoms with Crippen LogP contribution in [-0.2, 0) is 6.54 Å². The topological polar surface area (TPSA) is 51.2 Å². The molecule has 2 aromatic rings. The zero-order valence-corrected chi connectivity index (χ0v) is 10.6. The molecule has 0 aliphatic heterocycles. The summed E-state index contributed by atoms with van der Waals surface area (Å²) in [4.78, 5) is 0. The second kappa shape index (κ2) is 5.12. The summed E-state index contributed by atoms with van der Waals surface area (Å²) in [6, 6.07) is 8.92. The van der Waals surface area contributed by atoms with Gasteiger partial charge in [0.25, 0.3) is 0 Å². The fourth-order valence-corrected chi connectivity index (χ4v) is 2.82. The predicted octanol–water partition coefficient (Wildman–Crippen LogP) is 2.79. The van der Waals surface area contributed by atoms with Gasteiger partial charge in [-0.15, -0.1) is 0 Å². The van der Waals surface area contributed by atoms with Gasteiger partial charge in [-0.05, 0) is 18.9 Å². The van der Waals surface area contributed by atoms with Gasteiger partial charge in [-0.2, -0.15) is 0 Å². The lowest BCUT2D eigenvalue weighted by Crippen LogP contribution is -2.46. The van der Waals surface area contributed by atoms with Crippen molar-refractivity contribution >= 4 is 11.0 Å². The van der Waals surface area contributed by atoms with E-state index >= 15 is 0 Å². The highest BCUT2D eigenvalue weighted by Crippen LogP contribution is 2.22. The molecule has 1 aromatic carbocycles. The number of para-hydroxylation sites is 1. The van der Waals surface area contributed by atoms with E-state index in [0.29, 0.717) is 12.1 Å². The van der Waals surface area contributed by atoms with E-state index in [4.69, 9.17) is 10.2 Å². The third kappa shape index (κ3) is 2.28. The monoisotopic (exact) mass is 244 g/mol. The molecule has 96 valence electrons. The molecule has 18 heavy (non-hydrogen) atoms. The molecular weight excluding hydrogens is 224 g/mol. The van der Waals surface area contributed by atoms with Crippen molar-refractivity contribution in [2.45, 2.75) is 44.3 Å². The SMILES string of the molecule is NC1CCCCC1NCc1coc2ccccc12. The number of nitrogens with one attached hydrogen (secondary N) is 1. The molecule has 1 aliphatic carbocycles. The summed E-state index contributed by atoms with van der Waals surface area (Å²) in [5.74, 6) is 0. The van der Waals surface area contributed by atoms with Gasteiger partial charge in [-0.1, -0.05) is 31.0 Å². The van der Waals surface area contributed by atoms with Crippen molar-refractivity contribution in [3.05, 3.63) is 36.1 Å². The molecule has 3 nitrogen and oxygen atoms in total. The van der Waals surface area contributed by atoms with Crippen LogP contribution in [0, 0.1) is 0 Å². The van der Waals surface area contributed by atoms with Crippen LogP contribution in [-0.4, -0.2) is 12.1 Å². The zero-order valence-electron chi connectivity index (χ0n) is 10.6. The first-order valence-electron chi connectivity index (χ1n) is 6.78. The summed E-state index contributed by atoms with van der Waals surface area (Å²) in [7, 11) is 0. The van der Waals surface area contributed by atoms with E-state index < -0.39 is 0 Å². The zero-order chi connectivity index (χ0) is 12.4. The van der Waals surface area contributed by atoms with Gasteiger partial charge < -0.3 is 15.5 Å². The summed E-state index contributed by atoms with van der Waals surface area (Å²) in [6.45, 7) is 0.843. The molecule has 0 saturated heterocycles. The molecule has 3 heteroatoms. The van der Waals surface area contributed by atoms with Crippen molar-refractivity contribution in [3.8, 4) is 0 Å². The van der Waals surface area contributed by atoms with E-state index in [2.05, 4.69) is 11.4 Å². The number of benzene rings is 1. The Morgan fingerprint density at radius 2 is 2.06 bits per heavy atom. The number of furan rings is 1. The van der Waals surface area contributed by atoms with E-state index in [1.54, 1.807) is 0 Å². The van der Waals surface area contributed by atoms with Crippen molar-refractivity contribution in [1.82, 2.24) is 5.32 Å². The number of fused-ring (bicyclic) bond motifs is 1. The predicted molar refractivity (Wildman–Crippen MR) is 73.3 cm³/mol. The quantitative estimate of drug-likeness (QED) is 0.873. The van der Waals surface area contributed by atoms with E-state index in [0.717, 1.165) is 18.5 Å². The van der Waals surface area contributed by atoms with E-state index in [1.807, 2.05) is 24.5 Å². The van der Waals surface area contributed by atoms with Crippen LogP contribution < -0.4 is 11.1 Å². The highest BCUT2D eigenvalue weighted by atomic mass is 16.3. The van der Waals surface area contributed by atoms with Crippen LogP contribution in [0.1, 0.15) is 31.2 Å². The fourth-order valence-electron chi connectivity index (χ4n) is 2.82. The number of hydrogen-bond donors (Lipinski definition) is 2.